The Bertz CT molecular complexity index is 1570. The molecule has 3 N–H and O–H groups in total. The van der Waals surface area contributed by atoms with Gasteiger partial charge in [0.05, 0.1) is 21.8 Å². The molecule has 8 nitrogen and oxygen atoms in total. The summed E-state index contributed by atoms with van der Waals surface area (Å²) in [4.78, 5) is 26.7. The second kappa shape index (κ2) is 16.5. The molecular weight excluding hydrogens is 638 g/mol. The van der Waals surface area contributed by atoms with Gasteiger partial charge in [-0.05, 0) is 81.1 Å². The molecule has 0 atom stereocenters. The summed E-state index contributed by atoms with van der Waals surface area (Å²) in [6.45, 7) is 10.1. The third-order valence-electron chi connectivity index (χ3n) is 6.64. The molecule has 2 rings (SSSR count). The standard InChI is InChI=1S/C31H36F6N4O4S/c1-5-25(40-21(4)17-28(42)38-15-16-41(6-2)7-3)19-22-10-12-26(9-8-14-39-29(22)43)46(44,45)20-23-18-24(30(32,33)34)11-13-27(23)31(35,36)37/h5,8-14,17-19,40H,6-7,15-16,20H2,1-4H3,(H,38,42)(H,39,43)/b12-10+,14-8+,21-17+,22-19-,25-5+,26-9+. The van der Waals surface area contributed by atoms with Crippen molar-refractivity contribution in [3.8, 4) is 0 Å². The van der Waals surface area contributed by atoms with Gasteiger partial charge in [0.2, 0.25) is 5.91 Å². The van der Waals surface area contributed by atoms with Crippen LogP contribution in [0.1, 0.15) is 44.4 Å². The lowest BCUT2D eigenvalue weighted by Gasteiger charge is -2.17. The number of sulfone groups is 1. The Morgan fingerprint density at radius 2 is 1.72 bits per heavy atom. The average Bonchev–Trinajstić information content (AvgIpc) is 3.04. The Labute approximate surface area is 264 Å². The van der Waals surface area contributed by atoms with Gasteiger partial charge in [0.1, 0.15) is 0 Å². The highest BCUT2D eigenvalue weighted by Crippen LogP contribution is 2.37. The Morgan fingerprint density at radius 3 is 2.30 bits per heavy atom. The van der Waals surface area contributed by atoms with Crippen molar-refractivity contribution in [2.24, 2.45) is 0 Å². The summed E-state index contributed by atoms with van der Waals surface area (Å²) in [7, 11) is -4.66. The van der Waals surface area contributed by atoms with E-state index >= 15 is 0 Å². The highest BCUT2D eigenvalue weighted by molar-refractivity contribution is 7.94. The summed E-state index contributed by atoms with van der Waals surface area (Å²) in [6, 6.07) is 0.596. The van der Waals surface area contributed by atoms with Gasteiger partial charge in [-0.1, -0.05) is 19.9 Å². The van der Waals surface area contributed by atoms with E-state index in [4.69, 9.17) is 0 Å². The lowest BCUT2D eigenvalue weighted by atomic mass is 10.0. The SMILES string of the molecule is C\C=C(/C=C1/C=C/C(S(=O)(=O)Cc2cc(C(F)(F)F)ccc2C(F)(F)F)=C\C=C\NC1=O)N/C(C)=C/C(=O)NCCN(CC)CC. The van der Waals surface area contributed by atoms with Crippen molar-refractivity contribution in [3.63, 3.8) is 0 Å². The number of rotatable bonds is 12. The fraction of sp³-hybridized carbons (Fsp3) is 0.355. The Kier molecular flexibility index (Phi) is 13.6. The topological polar surface area (TPSA) is 108 Å². The summed E-state index contributed by atoms with van der Waals surface area (Å²) in [5.41, 5.74) is -3.35. The van der Waals surface area contributed by atoms with E-state index in [-0.39, 0.29) is 29.7 Å². The van der Waals surface area contributed by atoms with Crippen LogP contribution in [0.5, 0.6) is 0 Å². The van der Waals surface area contributed by atoms with Gasteiger partial charge in [0.15, 0.2) is 9.84 Å². The number of hydrogen-bond donors (Lipinski definition) is 3. The molecule has 0 radical (unpaired) electrons. The zero-order chi connectivity index (χ0) is 34.7. The minimum absolute atomic E-state index is 0.0835. The minimum atomic E-state index is -5.11. The first-order valence-corrected chi connectivity index (χ1v) is 15.8. The first kappa shape index (κ1) is 38.1. The summed E-state index contributed by atoms with van der Waals surface area (Å²) < 4.78 is 107. The van der Waals surface area contributed by atoms with E-state index in [1.54, 1.807) is 19.9 Å². The fourth-order valence-corrected chi connectivity index (χ4v) is 5.55. The van der Waals surface area contributed by atoms with E-state index in [0.717, 1.165) is 43.6 Å². The Hall–Kier alpha value is -4.11. The number of alkyl halides is 6. The monoisotopic (exact) mass is 674 g/mol. The summed E-state index contributed by atoms with van der Waals surface area (Å²) in [5, 5.41) is 8.16. The fourth-order valence-electron chi connectivity index (χ4n) is 4.18. The third kappa shape index (κ3) is 11.7. The molecule has 0 saturated heterocycles. The second-order valence-corrected chi connectivity index (χ2v) is 12.0. The maximum Gasteiger partial charge on any atom is 0.416 e. The van der Waals surface area contributed by atoms with Gasteiger partial charge in [-0.2, -0.15) is 26.3 Å². The molecule has 1 aliphatic rings. The highest BCUT2D eigenvalue weighted by Gasteiger charge is 2.38. The molecule has 0 fully saturated rings. The minimum Gasteiger partial charge on any atom is -0.359 e. The van der Waals surface area contributed by atoms with Gasteiger partial charge in [-0.25, -0.2) is 8.42 Å². The average molecular weight is 675 g/mol. The number of hydrogen-bond acceptors (Lipinski definition) is 6. The normalized spacial score (nSPS) is 18.6. The van der Waals surface area contributed by atoms with Crippen LogP contribution < -0.4 is 16.0 Å². The van der Waals surface area contributed by atoms with Gasteiger partial charge >= 0.3 is 12.4 Å². The van der Waals surface area contributed by atoms with Crippen molar-refractivity contribution in [1.82, 2.24) is 20.9 Å². The number of allylic oxidation sites excluding steroid dienone is 6. The zero-order valence-electron chi connectivity index (χ0n) is 25.6. The number of amides is 2. The molecule has 15 heteroatoms. The molecule has 1 aliphatic heterocycles. The molecule has 46 heavy (non-hydrogen) atoms. The van der Waals surface area contributed by atoms with Crippen molar-refractivity contribution in [2.45, 2.75) is 45.8 Å². The molecule has 0 spiro atoms. The van der Waals surface area contributed by atoms with Crippen LogP contribution >= 0.6 is 0 Å². The van der Waals surface area contributed by atoms with Crippen molar-refractivity contribution >= 4 is 21.7 Å². The summed E-state index contributed by atoms with van der Waals surface area (Å²) in [6.07, 6.45) is -0.586. The lowest BCUT2D eigenvalue weighted by Crippen LogP contribution is -2.34. The second-order valence-electron chi connectivity index (χ2n) is 9.98. The predicted octanol–water partition coefficient (Wildman–Crippen LogP) is 5.50. The first-order chi connectivity index (χ1) is 21.4. The molecule has 0 unspecified atom stereocenters. The van der Waals surface area contributed by atoms with E-state index in [9.17, 15) is 44.3 Å². The molecule has 0 saturated carbocycles. The summed E-state index contributed by atoms with van der Waals surface area (Å²) >= 11 is 0. The predicted molar refractivity (Wildman–Crippen MR) is 163 cm³/mol. The number of nitrogens with one attached hydrogen (secondary N) is 3. The molecule has 252 valence electrons. The van der Waals surface area contributed by atoms with E-state index in [1.807, 2.05) is 13.8 Å². The molecule has 0 bridgehead atoms. The Balaban J connectivity index is 2.34. The number of carbonyl (C=O) groups excluding carboxylic acids is 2. The highest BCUT2D eigenvalue weighted by atomic mass is 32.2. The first-order valence-electron chi connectivity index (χ1n) is 14.1. The molecular formula is C31H36F6N4O4S. The van der Waals surface area contributed by atoms with Crippen molar-refractivity contribution in [2.75, 3.05) is 26.2 Å². The molecule has 0 aliphatic carbocycles. The van der Waals surface area contributed by atoms with E-state index in [2.05, 4.69) is 20.9 Å². The maximum atomic E-state index is 13.6. The molecule has 0 aromatic heterocycles. The smallest absolute Gasteiger partial charge is 0.359 e. The van der Waals surface area contributed by atoms with Crippen LogP contribution in [0.4, 0.5) is 26.3 Å². The van der Waals surface area contributed by atoms with Gasteiger partial charge in [-0.15, -0.1) is 0 Å². The van der Waals surface area contributed by atoms with Gasteiger partial charge in [-0.3, -0.25) is 9.59 Å². The van der Waals surface area contributed by atoms with Crippen molar-refractivity contribution in [3.05, 3.63) is 105 Å². The number of halogens is 6. The van der Waals surface area contributed by atoms with Crippen LogP contribution in [-0.4, -0.2) is 51.3 Å². The maximum absolute atomic E-state index is 13.6. The number of likely N-dealkylation sites (N-methyl/N-ethyl adjacent to an activating group) is 1. The largest absolute Gasteiger partial charge is 0.416 e. The van der Waals surface area contributed by atoms with Crippen LogP contribution in [-0.2, 0) is 37.5 Å². The Morgan fingerprint density at radius 1 is 1.04 bits per heavy atom. The number of nitrogens with zero attached hydrogens (tertiary/aromatic N) is 1. The van der Waals surface area contributed by atoms with Crippen LogP contribution in [0.15, 0.2) is 88.8 Å². The van der Waals surface area contributed by atoms with Gasteiger partial charge < -0.3 is 20.9 Å². The third-order valence-corrected chi connectivity index (χ3v) is 8.32. The van der Waals surface area contributed by atoms with Gasteiger partial charge in [0, 0.05) is 42.3 Å². The molecule has 2 amide bonds. The van der Waals surface area contributed by atoms with E-state index in [1.165, 1.54) is 12.2 Å². The molecule has 1 heterocycles. The molecule has 1 aromatic rings. The van der Waals surface area contributed by atoms with Gasteiger partial charge in [0.25, 0.3) is 5.91 Å². The zero-order valence-corrected chi connectivity index (χ0v) is 26.5. The quantitative estimate of drug-likeness (QED) is 0.200. The van der Waals surface area contributed by atoms with Crippen molar-refractivity contribution in [1.29, 1.82) is 0 Å². The van der Waals surface area contributed by atoms with Crippen LogP contribution in [0.3, 0.4) is 0 Å². The van der Waals surface area contributed by atoms with Crippen molar-refractivity contribution < 1.29 is 44.3 Å². The summed E-state index contributed by atoms with van der Waals surface area (Å²) in [5.74, 6) is -2.41. The van der Waals surface area contributed by atoms with Crippen LogP contribution in [0, 0.1) is 0 Å². The van der Waals surface area contributed by atoms with Crippen LogP contribution in [0.2, 0.25) is 0 Å². The van der Waals surface area contributed by atoms with E-state index in [0.29, 0.717) is 24.5 Å². The van der Waals surface area contributed by atoms with E-state index < -0.39 is 55.4 Å². The number of benzene rings is 1. The van der Waals surface area contributed by atoms with Crippen LogP contribution in [0.25, 0.3) is 0 Å². The number of carbonyl (C=O) groups is 2. The lowest BCUT2D eigenvalue weighted by molar-refractivity contribution is -0.141. The molecule has 1 aromatic carbocycles.